The van der Waals surface area contributed by atoms with Gasteiger partial charge in [-0.15, -0.1) is 0 Å². The van der Waals surface area contributed by atoms with Crippen LogP contribution in [-0.2, 0) is 6.42 Å². The lowest BCUT2D eigenvalue weighted by Gasteiger charge is -2.20. The monoisotopic (exact) mass is 293 g/mol. The third-order valence-corrected chi connectivity index (χ3v) is 3.84. The maximum Gasteiger partial charge on any atom is 0.263 e. The van der Waals surface area contributed by atoms with Gasteiger partial charge in [0, 0.05) is 6.42 Å². The summed E-state index contributed by atoms with van der Waals surface area (Å²) in [4.78, 5) is 4.15. The van der Waals surface area contributed by atoms with Gasteiger partial charge in [-0.05, 0) is 50.4 Å². The zero-order valence-electron chi connectivity index (χ0n) is 11.8. The first kappa shape index (κ1) is 14.1. The maximum absolute atomic E-state index is 14.0. The van der Waals surface area contributed by atoms with Gasteiger partial charge >= 0.3 is 0 Å². The van der Waals surface area contributed by atoms with Crippen LogP contribution in [0.3, 0.4) is 0 Å². The quantitative estimate of drug-likeness (QED) is 0.945. The number of hydrogen-bond donors (Lipinski definition) is 1. The summed E-state index contributed by atoms with van der Waals surface area (Å²) >= 11 is 0. The van der Waals surface area contributed by atoms with Gasteiger partial charge in [0.05, 0.1) is 0 Å². The van der Waals surface area contributed by atoms with Crippen LogP contribution in [0.5, 0.6) is 0 Å². The van der Waals surface area contributed by atoms with E-state index in [4.69, 9.17) is 4.52 Å². The van der Waals surface area contributed by atoms with Crippen LogP contribution in [0.2, 0.25) is 0 Å². The minimum absolute atomic E-state index is 0.0903. The molecule has 1 aromatic carbocycles. The highest BCUT2D eigenvalue weighted by atomic mass is 19.1. The van der Waals surface area contributed by atoms with Crippen molar-refractivity contribution < 1.29 is 13.3 Å². The third-order valence-electron chi connectivity index (χ3n) is 3.84. The second kappa shape index (κ2) is 5.89. The topological polar surface area (TPSA) is 51.0 Å². The fourth-order valence-electron chi connectivity index (χ4n) is 2.65. The van der Waals surface area contributed by atoms with Crippen molar-refractivity contribution in [2.24, 2.45) is 5.92 Å². The molecule has 2 aromatic rings. The Morgan fingerprint density at radius 2 is 2.24 bits per heavy atom. The van der Waals surface area contributed by atoms with Gasteiger partial charge in [0.1, 0.15) is 17.2 Å². The van der Waals surface area contributed by atoms with Crippen molar-refractivity contribution in [1.82, 2.24) is 15.5 Å². The molecule has 0 bridgehead atoms. The van der Waals surface area contributed by atoms with Crippen molar-refractivity contribution in [2.75, 3.05) is 13.1 Å². The number of benzene rings is 1. The second-order valence-corrected chi connectivity index (χ2v) is 5.49. The molecule has 1 atom stereocenters. The maximum atomic E-state index is 14.0. The van der Waals surface area contributed by atoms with Crippen LogP contribution < -0.4 is 5.32 Å². The predicted octanol–water partition coefficient (Wildman–Crippen LogP) is 2.87. The molecule has 0 aliphatic carbocycles. The number of hydrogen-bond acceptors (Lipinski definition) is 4. The highest BCUT2D eigenvalue weighted by Crippen LogP contribution is 2.27. The van der Waals surface area contributed by atoms with Gasteiger partial charge in [-0.2, -0.15) is 4.98 Å². The summed E-state index contributed by atoms with van der Waals surface area (Å²) < 4.78 is 32.9. The summed E-state index contributed by atoms with van der Waals surface area (Å²) in [7, 11) is 0. The minimum Gasteiger partial charge on any atom is -0.334 e. The predicted molar refractivity (Wildman–Crippen MR) is 73.7 cm³/mol. The van der Waals surface area contributed by atoms with Crippen molar-refractivity contribution in [3.8, 4) is 11.5 Å². The lowest BCUT2D eigenvalue weighted by atomic mass is 9.96. The SMILES string of the molecule is Cc1ccc(F)c(-c2nc(CC3CCCNC3)no2)c1F. The van der Waals surface area contributed by atoms with Crippen LogP contribution in [0.4, 0.5) is 8.78 Å². The summed E-state index contributed by atoms with van der Waals surface area (Å²) in [6.07, 6.45) is 2.88. The van der Waals surface area contributed by atoms with Gasteiger partial charge in [-0.1, -0.05) is 11.2 Å². The number of halogens is 2. The number of rotatable bonds is 3. The molecule has 1 aliphatic heterocycles. The van der Waals surface area contributed by atoms with Gasteiger partial charge in [0.2, 0.25) is 0 Å². The van der Waals surface area contributed by atoms with Crippen molar-refractivity contribution in [3.05, 3.63) is 35.2 Å². The van der Waals surface area contributed by atoms with Crippen molar-refractivity contribution in [3.63, 3.8) is 0 Å². The number of aromatic nitrogens is 2. The molecule has 1 saturated heterocycles. The standard InChI is InChI=1S/C15H17F2N3O/c1-9-4-5-11(16)13(14(9)17)15-19-12(20-21-15)7-10-3-2-6-18-8-10/h4-5,10,18H,2-3,6-8H2,1H3. The molecule has 0 spiro atoms. The molecule has 1 fully saturated rings. The van der Waals surface area contributed by atoms with Crippen LogP contribution in [0, 0.1) is 24.5 Å². The molecule has 0 saturated carbocycles. The van der Waals surface area contributed by atoms with E-state index in [0.717, 1.165) is 25.9 Å². The smallest absolute Gasteiger partial charge is 0.263 e. The Balaban J connectivity index is 1.83. The fourth-order valence-corrected chi connectivity index (χ4v) is 2.65. The van der Waals surface area contributed by atoms with E-state index in [0.29, 0.717) is 23.7 Å². The van der Waals surface area contributed by atoms with Crippen LogP contribution >= 0.6 is 0 Å². The van der Waals surface area contributed by atoms with E-state index >= 15 is 0 Å². The summed E-state index contributed by atoms with van der Waals surface area (Å²) in [5, 5.41) is 7.16. The third kappa shape index (κ3) is 2.95. The Morgan fingerprint density at radius 1 is 1.38 bits per heavy atom. The van der Waals surface area contributed by atoms with Gasteiger partial charge in [-0.25, -0.2) is 8.78 Å². The average Bonchev–Trinajstić information content (AvgIpc) is 2.93. The van der Waals surface area contributed by atoms with E-state index < -0.39 is 11.6 Å². The van der Waals surface area contributed by atoms with Gasteiger partial charge in [0.15, 0.2) is 5.82 Å². The van der Waals surface area contributed by atoms with Crippen molar-refractivity contribution >= 4 is 0 Å². The largest absolute Gasteiger partial charge is 0.334 e. The Hall–Kier alpha value is -1.82. The number of piperidine rings is 1. The number of nitrogens with one attached hydrogen (secondary N) is 1. The Bertz CT molecular complexity index is 636. The van der Waals surface area contributed by atoms with Crippen molar-refractivity contribution in [2.45, 2.75) is 26.2 Å². The normalized spacial score (nSPS) is 18.9. The van der Waals surface area contributed by atoms with Gasteiger partial charge in [0.25, 0.3) is 5.89 Å². The minimum atomic E-state index is -0.687. The van der Waals surface area contributed by atoms with E-state index in [1.807, 2.05) is 0 Å². The zero-order chi connectivity index (χ0) is 14.8. The highest BCUT2D eigenvalue weighted by Gasteiger charge is 2.21. The molecule has 0 amide bonds. The molecule has 21 heavy (non-hydrogen) atoms. The van der Waals surface area contributed by atoms with E-state index in [1.165, 1.54) is 12.1 Å². The summed E-state index contributed by atoms with van der Waals surface area (Å²) in [6.45, 7) is 3.52. The second-order valence-electron chi connectivity index (χ2n) is 5.49. The Labute approximate surface area is 121 Å². The van der Waals surface area contributed by atoms with E-state index in [-0.39, 0.29) is 11.5 Å². The van der Waals surface area contributed by atoms with Crippen LogP contribution in [0.25, 0.3) is 11.5 Å². The molecule has 6 heteroatoms. The first-order valence-electron chi connectivity index (χ1n) is 7.13. The molecule has 1 N–H and O–H groups in total. The molecular formula is C15H17F2N3O. The van der Waals surface area contributed by atoms with E-state index in [1.54, 1.807) is 6.92 Å². The van der Waals surface area contributed by atoms with E-state index in [9.17, 15) is 8.78 Å². The zero-order valence-corrected chi connectivity index (χ0v) is 11.8. The summed E-state index contributed by atoms with van der Waals surface area (Å²) in [5.41, 5.74) is 0.109. The molecule has 1 unspecified atom stereocenters. The van der Waals surface area contributed by atoms with E-state index in [2.05, 4.69) is 15.5 Å². The molecule has 1 aromatic heterocycles. The lowest BCUT2D eigenvalue weighted by Crippen LogP contribution is -2.31. The molecule has 1 aliphatic rings. The number of nitrogens with zero attached hydrogens (tertiary/aromatic N) is 2. The summed E-state index contributed by atoms with van der Waals surface area (Å²) in [6, 6.07) is 2.60. The lowest BCUT2D eigenvalue weighted by molar-refractivity contribution is 0.359. The molecule has 112 valence electrons. The fraction of sp³-hybridized carbons (Fsp3) is 0.467. The average molecular weight is 293 g/mol. The first-order chi connectivity index (χ1) is 10.1. The van der Waals surface area contributed by atoms with Crippen LogP contribution in [0.1, 0.15) is 24.2 Å². The van der Waals surface area contributed by atoms with Crippen LogP contribution in [0.15, 0.2) is 16.7 Å². The first-order valence-corrected chi connectivity index (χ1v) is 7.13. The highest BCUT2D eigenvalue weighted by molar-refractivity contribution is 5.56. The molecule has 2 heterocycles. The molecule has 3 rings (SSSR count). The van der Waals surface area contributed by atoms with Gasteiger partial charge in [-0.3, -0.25) is 0 Å². The van der Waals surface area contributed by atoms with Crippen molar-refractivity contribution in [1.29, 1.82) is 0 Å². The summed E-state index contributed by atoms with van der Waals surface area (Å²) in [5.74, 6) is -0.486. The molecular weight excluding hydrogens is 276 g/mol. The van der Waals surface area contributed by atoms with Gasteiger partial charge < -0.3 is 9.84 Å². The Kier molecular flexibility index (Phi) is 3.96. The number of aryl methyl sites for hydroxylation is 1. The Morgan fingerprint density at radius 3 is 3.00 bits per heavy atom. The molecule has 0 radical (unpaired) electrons. The van der Waals surface area contributed by atoms with Crippen LogP contribution in [-0.4, -0.2) is 23.2 Å². The molecule has 4 nitrogen and oxygen atoms in total.